The lowest BCUT2D eigenvalue weighted by atomic mass is 10.1. The fourth-order valence-electron chi connectivity index (χ4n) is 1.18. The molecule has 1 aliphatic rings. The number of hydrogen-bond donors (Lipinski definition) is 0. The summed E-state index contributed by atoms with van der Waals surface area (Å²) in [6.07, 6.45) is 4.92. The van der Waals surface area contributed by atoms with Crippen molar-refractivity contribution in [2.24, 2.45) is 0 Å². The van der Waals surface area contributed by atoms with Crippen LogP contribution in [0.2, 0.25) is 0 Å². The molecule has 70 valence electrons. The van der Waals surface area contributed by atoms with E-state index in [0.29, 0.717) is 12.2 Å². The molecule has 0 heterocycles. The van der Waals surface area contributed by atoms with E-state index < -0.39 is 0 Å². The summed E-state index contributed by atoms with van der Waals surface area (Å²) in [5.41, 5.74) is 0.190. The molecule has 0 aliphatic heterocycles. The maximum absolute atomic E-state index is 8.83. The summed E-state index contributed by atoms with van der Waals surface area (Å²) in [6.45, 7) is 4.04. The van der Waals surface area contributed by atoms with Crippen molar-refractivity contribution in [3.8, 4) is 6.07 Å². The van der Waals surface area contributed by atoms with E-state index in [1.165, 1.54) is 13.4 Å². The highest BCUT2D eigenvalue weighted by Gasteiger charge is 2.48. The van der Waals surface area contributed by atoms with E-state index >= 15 is 0 Å². The second-order valence-corrected chi connectivity index (χ2v) is 2.97. The Morgan fingerprint density at radius 3 is 2.77 bits per heavy atom. The number of nitrogens with zero attached hydrogens (tertiary/aromatic N) is 1. The third-order valence-corrected chi connectivity index (χ3v) is 2.03. The lowest BCUT2D eigenvalue weighted by Crippen LogP contribution is -2.16. The van der Waals surface area contributed by atoms with Crippen LogP contribution in [0.1, 0.15) is 12.8 Å². The minimum atomic E-state index is -0.376. The Morgan fingerprint density at radius 2 is 2.38 bits per heavy atom. The minimum absolute atomic E-state index is 0.376. The zero-order chi connectivity index (χ0) is 9.73. The van der Waals surface area contributed by atoms with Crippen LogP contribution in [0.25, 0.3) is 0 Å². The van der Waals surface area contributed by atoms with E-state index in [0.717, 1.165) is 12.8 Å². The van der Waals surface area contributed by atoms with Crippen LogP contribution in [0.15, 0.2) is 24.5 Å². The third-order valence-electron chi connectivity index (χ3n) is 2.03. The van der Waals surface area contributed by atoms with Crippen LogP contribution >= 0.6 is 0 Å². The van der Waals surface area contributed by atoms with Gasteiger partial charge < -0.3 is 9.47 Å². The van der Waals surface area contributed by atoms with Gasteiger partial charge in [0.1, 0.15) is 11.7 Å². The molecule has 1 fully saturated rings. The molecule has 0 radical (unpaired) electrons. The molecule has 1 rings (SSSR count). The van der Waals surface area contributed by atoms with Crippen molar-refractivity contribution in [3.05, 3.63) is 24.5 Å². The van der Waals surface area contributed by atoms with Crippen LogP contribution in [-0.2, 0) is 9.47 Å². The Bertz CT molecular complexity index is 259. The molecule has 0 atom stereocenters. The predicted octanol–water partition coefficient (Wildman–Crippen LogP) is 1.78. The first-order valence-electron chi connectivity index (χ1n) is 4.17. The lowest BCUT2D eigenvalue weighted by Gasteiger charge is -2.13. The second kappa shape index (κ2) is 4.11. The van der Waals surface area contributed by atoms with Gasteiger partial charge in [-0.05, 0) is 12.8 Å². The van der Waals surface area contributed by atoms with Gasteiger partial charge in [-0.1, -0.05) is 6.08 Å². The molecule has 0 aromatic carbocycles. The summed E-state index contributed by atoms with van der Waals surface area (Å²) in [6, 6.07) is 2.09. The standard InChI is InChI=1S/C10H13NO2/c1-3-6-13-10(4-5-10)9(7-11)8-12-2/h3,8H,1,4-6H2,2H3/b9-8+. The molecule has 0 aromatic heterocycles. The Balaban J connectivity index is 2.63. The van der Waals surface area contributed by atoms with Crippen LogP contribution in [0.3, 0.4) is 0 Å². The van der Waals surface area contributed by atoms with Gasteiger partial charge in [0.05, 0.1) is 25.6 Å². The Labute approximate surface area is 78.3 Å². The van der Waals surface area contributed by atoms with Gasteiger partial charge in [0.15, 0.2) is 0 Å². The van der Waals surface area contributed by atoms with Gasteiger partial charge in [-0.2, -0.15) is 5.26 Å². The van der Waals surface area contributed by atoms with Gasteiger partial charge in [-0.25, -0.2) is 0 Å². The van der Waals surface area contributed by atoms with Gasteiger partial charge >= 0.3 is 0 Å². The van der Waals surface area contributed by atoms with Crippen LogP contribution < -0.4 is 0 Å². The highest BCUT2D eigenvalue weighted by Crippen LogP contribution is 2.45. The predicted molar refractivity (Wildman–Crippen MR) is 48.8 cm³/mol. The van der Waals surface area contributed by atoms with Crippen molar-refractivity contribution in [1.82, 2.24) is 0 Å². The van der Waals surface area contributed by atoms with Gasteiger partial charge in [0.25, 0.3) is 0 Å². The van der Waals surface area contributed by atoms with Gasteiger partial charge in [0.2, 0.25) is 0 Å². The second-order valence-electron chi connectivity index (χ2n) is 2.97. The molecule has 1 aliphatic carbocycles. The zero-order valence-corrected chi connectivity index (χ0v) is 7.75. The third kappa shape index (κ3) is 2.10. The highest BCUT2D eigenvalue weighted by atomic mass is 16.5. The molecule has 0 amide bonds. The molecule has 0 aromatic rings. The summed E-state index contributed by atoms with van der Waals surface area (Å²) in [4.78, 5) is 0. The molecule has 0 unspecified atom stereocenters. The summed E-state index contributed by atoms with van der Waals surface area (Å²) in [7, 11) is 1.53. The fourth-order valence-corrected chi connectivity index (χ4v) is 1.18. The van der Waals surface area contributed by atoms with Gasteiger partial charge in [-0.15, -0.1) is 6.58 Å². The molecule has 3 nitrogen and oxygen atoms in total. The van der Waals surface area contributed by atoms with Crippen molar-refractivity contribution in [3.63, 3.8) is 0 Å². The topological polar surface area (TPSA) is 42.2 Å². The van der Waals surface area contributed by atoms with E-state index in [1.54, 1.807) is 6.08 Å². The van der Waals surface area contributed by atoms with Crippen molar-refractivity contribution in [2.45, 2.75) is 18.4 Å². The summed E-state index contributed by atoms with van der Waals surface area (Å²) in [5, 5.41) is 8.83. The van der Waals surface area contributed by atoms with Crippen LogP contribution in [0.4, 0.5) is 0 Å². The van der Waals surface area contributed by atoms with E-state index in [-0.39, 0.29) is 5.60 Å². The normalized spacial score (nSPS) is 18.9. The number of ether oxygens (including phenoxy) is 2. The first kappa shape index (κ1) is 9.82. The maximum atomic E-state index is 8.83. The fraction of sp³-hybridized carbons (Fsp3) is 0.500. The number of nitriles is 1. The zero-order valence-electron chi connectivity index (χ0n) is 7.75. The molecular formula is C10H13NO2. The van der Waals surface area contributed by atoms with Crippen molar-refractivity contribution in [1.29, 1.82) is 5.26 Å². The van der Waals surface area contributed by atoms with Crippen LogP contribution in [0.5, 0.6) is 0 Å². The van der Waals surface area contributed by atoms with Crippen LogP contribution in [0, 0.1) is 11.3 Å². The Kier molecular flexibility index (Phi) is 3.10. The maximum Gasteiger partial charge on any atom is 0.107 e. The van der Waals surface area contributed by atoms with Crippen molar-refractivity contribution < 1.29 is 9.47 Å². The first-order valence-corrected chi connectivity index (χ1v) is 4.17. The number of hydrogen-bond acceptors (Lipinski definition) is 3. The number of rotatable bonds is 5. The van der Waals surface area contributed by atoms with Crippen LogP contribution in [-0.4, -0.2) is 19.3 Å². The monoisotopic (exact) mass is 179 g/mol. The molecule has 1 saturated carbocycles. The Hall–Kier alpha value is -1.27. The first-order chi connectivity index (χ1) is 6.29. The molecule has 0 saturated heterocycles. The molecule has 3 heteroatoms. The SMILES string of the molecule is C=CCOC1(/C(C#N)=C/OC)CC1. The lowest BCUT2D eigenvalue weighted by molar-refractivity contribution is 0.0818. The molecular weight excluding hydrogens is 166 g/mol. The summed E-state index contributed by atoms with van der Waals surface area (Å²) in [5.74, 6) is 0. The van der Waals surface area contributed by atoms with E-state index in [1.807, 2.05) is 0 Å². The highest BCUT2D eigenvalue weighted by molar-refractivity contribution is 5.35. The van der Waals surface area contributed by atoms with Gasteiger partial charge in [0, 0.05) is 0 Å². The van der Waals surface area contributed by atoms with E-state index in [4.69, 9.17) is 14.7 Å². The summed E-state index contributed by atoms with van der Waals surface area (Å²) >= 11 is 0. The van der Waals surface area contributed by atoms with E-state index in [2.05, 4.69) is 12.6 Å². The minimum Gasteiger partial charge on any atom is -0.503 e. The van der Waals surface area contributed by atoms with Crippen molar-refractivity contribution in [2.75, 3.05) is 13.7 Å². The molecule has 0 N–H and O–H groups in total. The summed E-state index contributed by atoms with van der Waals surface area (Å²) < 4.78 is 10.3. The molecule has 0 bridgehead atoms. The Morgan fingerprint density at radius 1 is 1.69 bits per heavy atom. The average molecular weight is 179 g/mol. The quantitative estimate of drug-likeness (QED) is 0.367. The number of methoxy groups -OCH3 is 1. The van der Waals surface area contributed by atoms with Crippen molar-refractivity contribution >= 4 is 0 Å². The average Bonchev–Trinajstić information content (AvgIpc) is 2.92. The molecule has 0 spiro atoms. The van der Waals surface area contributed by atoms with Gasteiger partial charge in [-0.3, -0.25) is 0 Å². The molecule has 13 heavy (non-hydrogen) atoms. The van der Waals surface area contributed by atoms with E-state index in [9.17, 15) is 0 Å². The smallest absolute Gasteiger partial charge is 0.107 e. The largest absolute Gasteiger partial charge is 0.503 e.